The molecular formula is C14H20N2O2. The molecule has 1 aliphatic rings. The largest absolute Gasteiger partial charge is 0.390 e. The van der Waals surface area contributed by atoms with E-state index in [-0.39, 0.29) is 11.9 Å². The normalized spacial score (nSPS) is 22.0. The van der Waals surface area contributed by atoms with Gasteiger partial charge in [-0.05, 0) is 25.2 Å². The molecule has 98 valence electrons. The summed E-state index contributed by atoms with van der Waals surface area (Å²) in [6.45, 7) is 0.719. The molecule has 18 heavy (non-hydrogen) atoms. The summed E-state index contributed by atoms with van der Waals surface area (Å²) in [4.78, 5) is 13.8. The Labute approximate surface area is 108 Å². The van der Waals surface area contributed by atoms with Gasteiger partial charge < -0.3 is 15.3 Å². The van der Waals surface area contributed by atoms with Crippen LogP contribution in [-0.2, 0) is 11.2 Å². The number of carbonyl (C=O) groups excluding carboxylic acids is 1. The first kappa shape index (κ1) is 13.1. The number of amides is 1. The van der Waals surface area contributed by atoms with Crippen LogP contribution in [0.4, 0.5) is 0 Å². The van der Waals surface area contributed by atoms with E-state index in [4.69, 9.17) is 0 Å². The Balaban J connectivity index is 1.99. The van der Waals surface area contributed by atoms with Gasteiger partial charge in [0.15, 0.2) is 0 Å². The lowest BCUT2D eigenvalue weighted by molar-refractivity contribution is -0.122. The van der Waals surface area contributed by atoms with Crippen LogP contribution in [0.1, 0.15) is 23.6 Å². The highest BCUT2D eigenvalue weighted by Gasteiger charge is 2.31. The number of nitrogens with zero attached hydrogens (tertiary/aromatic N) is 1. The van der Waals surface area contributed by atoms with Crippen molar-refractivity contribution in [2.24, 2.45) is 0 Å². The zero-order valence-corrected chi connectivity index (χ0v) is 10.9. The Hall–Kier alpha value is -1.39. The summed E-state index contributed by atoms with van der Waals surface area (Å²) in [5, 5.41) is 12.9. The van der Waals surface area contributed by atoms with Crippen molar-refractivity contribution in [3.8, 4) is 0 Å². The minimum Gasteiger partial charge on any atom is -0.390 e. The lowest BCUT2D eigenvalue weighted by Crippen LogP contribution is -2.35. The van der Waals surface area contributed by atoms with Crippen molar-refractivity contribution in [3.05, 3.63) is 35.4 Å². The van der Waals surface area contributed by atoms with Gasteiger partial charge in [-0.2, -0.15) is 0 Å². The van der Waals surface area contributed by atoms with Gasteiger partial charge in [0.05, 0.1) is 12.1 Å². The molecule has 1 amide bonds. The fourth-order valence-electron chi connectivity index (χ4n) is 2.32. The van der Waals surface area contributed by atoms with Gasteiger partial charge in [-0.3, -0.25) is 4.79 Å². The Morgan fingerprint density at radius 1 is 1.44 bits per heavy atom. The summed E-state index contributed by atoms with van der Waals surface area (Å²) >= 11 is 0. The van der Waals surface area contributed by atoms with E-state index in [1.807, 2.05) is 43.3 Å². The molecule has 0 radical (unpaired) electrons. The maximum atomic E-state index is 11.8. The Kier molecular flexibility index (Phi) is 3.99. The average Bonchev–Trinajstić information content (AvgIpc) is 2.64. The molecule has 2 rings (SSSR count). The van der Waals surface area contributed by atoms with Crippen molar-refractivity contribution in [2.75, 3.05) is 20.6 Å². The van der Waals surface area contributed by atoms with E-state index in [0.29, 0.717) is 12.8 Å². The standard InChI is InChI=1S/C14H20N2O2/c1-16(2)8-7-13(18)15-14-11-6-4-3-5-10(11)9-12(14)17/h3-6,12,14,17H,7-9H2,1-2H3,(H,15,18)/t12-,14+/m1/s1. The summed E-state index contributed by atoms with van der Waals surface area (Å²) in [5.74, 6) is -0.00977. The van der Waals surface area contributed by atoms with Crippen molar-refractivity contribution >= 4 is 5.91 Å². The molecule has 4 nitrogen and oxygen atoms in total. The van der Waals surface area contributed by atoms with Crippen LogP contribution in [0.5, 0.6) is 0 Å². The van der Waals surface area contributed by atoms with E-state index < -0.39 is 6.10 Å². The maximum absolute atomic E-state index is 11.8. The van der Waals surface area contributed by atoms with Gasteiger partial charge in [0.1, 0.15) is 0 Å². The summed E-state index contributed by atoms with van der Waals surface area (Å²) in [6.07, 6.45) is 0.568. The summed E-state index contributed by atoms with van der Waals surface area (Å²) in [7, 11) is 3.87. The number of fused-ring (bicyclic) bond motifs is 1. The number of hydrogen-bond donors (Lipinski definition) is 2. The number of aliphatic hydroxyl groups excluding tert-OH is 1. The second kappa shape index (κ2) is 5.50. The van der Waals surface area contributed by atoms with Crippen LogP contribution in [0.3, 0.4) is 0 Å². The first-order chi connectivity index (χ1) is 8.58. The highest BCUT2D eigenvalue weighted by molar-refractivity contribution is 5.77. The Bertz CT molecular complexity index is 432. The second-order valence-corrected chi connectivity index (χ2v) is 5.07. The van der Waals surface area contributed by atoms with Crippen LogP contribution in [0.25, 0.3) is 0 Å². The Morgan fingerprint density at radius 2 is 2.17 bits per heavy atom. The number of carbonyl (C=O) groups is 1. The number of benzene rings is 1. The molecule has 1 aliphatic carbocycles. The lowest BCUT2D eigenvalue weighted by atomic mass is 10.1. The van der Waals surface area contributed by atoms with Crippen LogP contribution in [-0.4, -0.2) is 42.7 Å². The highest BCUT2D eigenvalue weighted by atomic mass is 16.3. The van der Waals surface area contributed by atoms with Crippen LogP contribution >= 0.6 is 0 Å². The molecule has 4 heteroatoms. The Morgan fingerprint density at radius 3 is 2.89 bits per heavy atom. The molecule has 0 fully saturated rings. The van der Waals surface area contributed by atoms with Crippen LogP contribution in [0.15, 0.2) is 24.3 Å². The SMILES string of the molecule is CN(C)CCC(=O)N[C@H]1c2ccccc2C[C@H]1O. The predicted octanol–water partition coefficient (Wildman–Crippen LogP) is 0.713. The molecule has 0 aromatic heterocycles. The molecule has 0 spiro atoms. The van der Waals surface area contributed by atoms with Gasteiger partial charge >= 0.3 is 0 Å². The fraction of sp³-hybridized carbons (Fsp3) is 0.500. The van der Waals surface area contributed by atoms with Crippen LogP contribution < -0.4 is 5.32 Å². The third kappa shape index (κ3) is 2.89. The molecule has 1 aromatic rings. The highest BCUT2D eigenvalue weighted by Crippen LogP contribution is 2.31. The van der Waals surface area contributed by atoms with Gasteiger partial charge in [-0.15, -0.1) is 0 Å². The molecule has 0 heterocycles. The van der Waals surface area contributed by atoms with E-state index in [2.05, 4.69) is 5.32 Å². The lowest BCUT2D eigenvalue weighted by Gasteiger charge is -2.18. The molecule has 0 aliphatic heterocycles. The van der Waals surface area contributed by atoms with Gasteiger partial charge in [-0.25, -0.2) is 0 Å². The minimum absolute atomic E-state index is 0.00977. The van der Waals surface area contributed by atoms with Crippen molar-refractivity contribution in [3.63, 3.8) is 0 Å². The first-order valence-corrected chi connectivity index (χ1v) is 6.28. The van der Waals surface area contributed by atoms with E-state index in [9.17, 15) is 9.90 Å². The fourth-order valence-corrected chi connectivity index (χ4v) is 2.32. The van der Waals surface area contributed by atoms with E-state index in [1.54, 1.807) is 0 Å². The maximum Gasteiger partial charge on any atom is 0.221 e. The molecule has 0 unspecified atom stereocenters. The van der Waals surface area contributed by atoms with Gasteiger partial charge in [-0.1, -0.05) is 24.3 Å². The second-order valence-electron chi connectivity index (χ2n) is 5.07. The minimum atomic E-state index is -0.509. The number of aliphatic hydroxyl groups is 1. The van der Waals surface area contributed by atoms with Crippen LogP contribution in [0, 0.1) is 0 Å². The van der Waals surface area contributed by atoms with E-state index >= 15 is 0 Å². The number of hydrogen-bond acceptors (Lipinski definition) is 3. The smallest absolute Gasteiger partial charge is 0.221 e. The van der Waals surface area contributed by atoms with Crippen molar-refractivity contribution in [1.29, 1.82) is 0 Å². The quantitative estimate of drug-likeness (QED) is 0.825. The predicted molar refractivity (Wildman–Crippen MR) is 70.2 cm³/mol. The topological polar surface area (TPSA) is 52.6 Å². The average molecular weight is 248 g/mol. The zero-order valence-electron chi connectivity index (χ0n) is 10.9. The van der Waals surface area contributed by atoms with Gasteiger partial charge in [0.25, 0.3) is 0 Å². The summed E-state index contributed by atoms with van der Waals surface area (Å²) in [5.41, 5.74) is 2.17. The molecule has 0 bridgehead atoms. The summed E-state index contributed by atoms with van der Waals surface area (Å²) < 4.78 is 0. The van der Waals surface area contributed by atoms with Gasteiger partial charge in [0, 0.05) is 19.4 Å². The summed E-state index contributed by atoms with van der Waals surface area (Å²) in [6, 6.07) is 7.63. The molecule has 1 aromatic carbocycles. The first-order valence-electron chi connectivity index (χ1n) is 6.28. The van der Waals surface area contributed by atoms with Crippen molar-refractivity contribution < 1.29 is 9.90 Å². The van der Waals surface area contributed by atoms with Gasteiger partial charge in [0.2, 0.25) is 5.91 Å². The van der Waals surface area contributed by atoms with Crippen molar-refractivity contribution in [2.45, 2.75) is 25.0 Å². The molecule has 2 N–H and O–H groups in total. The molecule has 0 saturated heterocycles. The monoisotopic (exact) mass is 248 g/mol. The van der Waals surface area contributed by atoms with Crippen molar-refractivity contribution in [1.82, 2.24) is 10.2 Å². The molecule has 0 saturated carbocycles. The number of rotatable bonds is 4. The molecule has 2 atom stereocenters. The van der Waals surface area contributed by atoms with Crippen LogP contribution in [0.2, 0.25) is 0 Å². The van der Waals surface area contributed by atoms with E-state index in [1.165, 1.54) is 0 Å². The third-order valence-corrected chi connectivity index (χ3v) is 3.31. The molecular weight excluding hydrogens is 228 g/mol. The number of nitrogens with one attached hydrogen (secondary N) is 1. The zero-order chi connectivity index (χ0) is 13.1. The third-order valence-electron chi connectivity index (χ3n) is 3.31. The van der Waals surface area contributed by atoms with E-state index in [0.717, 1.165) is 17.7 Å².